The van der Waals surface area contributed by atoms with E-state index in [1.165, 1.54) is 26.2 Å². The molecule has 0 bridgehead atoms. The van der Waals surface area contributed by atoms with Gasteiger partial charge in [-0.15, -0.1) is 11.3 Å². The molecule has 1 N–H and O–H groups in total. The van der Waals surface area contributed by atoms with Crippen molar-refractivity contribution in [2.24, 2.45) is 0 Å². The Hall–Kier alpha value is -0.750. The Morgan fingerprint density at radius 2 is 2.37 bits per heavy atom. The van der Waals surface area contributed by atoms with Crippen LogP contribution in [0.25, 0.3) is 11.3 Å². The molecule has 1 aromatic carbocycles. The average Bonchev–Trinajstić information content (AvgIpc) is 2.93. The molecule has 0 saturated carbocycles. The molecule has 1 aliphatic carbocycles. The van der Waals surface area contributed by atoms with Gasteiger partial charge in [0, 0.05) is 41.5 Å². The quantitative estimate of drug-likeness (QED) is 0.725. The van der Waals surface area contributed by atoms with Crippen molar-refractivity contribution in [1.82, 2.24) is 10.3 Å². The van der Waals surface area contributed by atoms with Crippen molar-refractivity contribution < 1.29 is 4.74 Å². The molecule has 0 unspecified atom stereocenters. The van der Waals surface area contributed by atoms with Gasteiger partial charge in [-0.05, 0) is 11.6 Å². The van der Waals surface area contributed by atoms with E-state index in [0.717, 1.165) is 31.1 Å². The Bertz CT molecular complexity index is 597. The van der Waals surface area contributed by atoms with Crippen LogP contribution in [0.1, 0.15) is 15.4 Å². The molecule has 0 fully saturated rings. The predicted molar refractivity (Wildman–Crippen MR) is 81.6 cm³/mol. The third-order valence-corrected chi connectivity index (χ3v) is 5.01. The standard InChI is InChI=1S/C14H15BrN2OS/c1-18-6-5-16-8-13-17-14-9-3-2-4-11(15)10(9)7-12(14)19-13/h2-4,16H,5-8H2,1H3. The number of nitrogens with one attached hydrogen (secondary N) is 1. The zero-order chi connectivity index (χ0) is 13.2. The van der Waals surface area contributed by atoms with Crippen molar-refractivity contribution in [2.45, 2.75) is 13.0 Å². The predicted octanol–water partition coefficient (Wildman–Crippen LogP) is 3.21. The van der Waals surface area contributed by atoms with Crippen molar-refractivity contribution in [3.8, 4) is 11.3 Å². The van der Waals surface area contributed by atoms with Crippen LogP contribution in [0.5, 0.6) is 0 Å². The van der Waals surface area contributed by atoms with Gasteiger partial charge in [-0.25, -0.2) is 4.98 Å². The van der Waals surface area contributed by atoms with Gasteiger partial charge in [-0.3, -0.25) is 0 Å². The number of methoxy groups -OCH3 is 1. The fraction of sp³-hybridized carbons (Fsp3) is 0.357. The van der Waals surface area contributed by atoms with E-state index < -0.39 is 0 Å². The summed E-state index contributed by atoms with van der Waals surface area (Å²) in [6.45, 7) is 2.42. The van der Waals surface area contributed by atoms with Crippen molar-refractivity contribution >= 4 is 27.3 Å². The Labute approximate surface area is 125 Å². The Morgan fingerprint density at radius 1 is 1.47 bits per heavy atom. The van der Waals surface area contributed by atoms with Crippen molar-refractivity contribution in [3.63, 3.8) is 0 Å². The van der Waals surface area contributed by atoms with E-state index in [-0.39, 0.29) is 0 Å². The number of benzene rings is 1. The van der Waals surface area contributed by atoms with Gasteiger partial charge in [0.25, 0.3) is 0 Å². The van der Waals surface area contributed by atoms with Crippen LogP contribution in [-0.4, -0.2) is 25.2 Å². The lowest BCUT2D eigenvalue weighted by molar-refractivity contribution is 0.199. The first-order chi connectivity index (χ1) is 9.29. The van der Waals surface area contributed by atoms with Crippen LogP contribution in [0.2, 0.25) is 0 Å². The largest absolute Gasteiger partial charge is 0.383 e. The fourth-order valence-corrected chi connectivity index (χ4v) is 3.87. The van der Waals surface area contributed by atoms with Crippen LogP contribution in [0.3, 0.4) is 0 Å². The summed E-state index contributed by atoms with van der Waals surface area (Å²) in [4.78, 5) is 6.15. The molecule has 3 nitrogen and oxygen atoms in total. The molecule has 2 aromatic rings. The monoisotopic (exact) mass is 338 g/mol. The lowest BCUT2D eigenvalue weighted by Crippen LogP contribution is -2.18. The summed E-state index contributed by atoms with van der Waals surface area (Å²) in [5.74, 6) is 0. The Morgan fingerprint density at radius 3 is 3.21 bits per heavy atom. The van der Waals surface area contributed by atoms with Crippen LogP contribution in [0.4, 0.5) is 0 Å². The molecule has 1 heterocycles. The Kier molecular flexibility index (Phi) is 3.98. The maximum Gasteiger partial charge on any atom is 0.107 e. The lowest BCUT2D eigenvalue weighted by atomic mass is 10.1. The minimum Gasteiger partial charge on any atom is -0.383 e. The number of fused-ring (bicyclic) bond motifs is 3. The molecule has 0 amide bonds. The summed E-state index contributed by atoms with van der Waals surface area (Å²) >= 11 is 5.43. The summed E-state index contributed by atoms with van der Waals surface area (Å²) < 4.78 is 6.21. The molecule has 0 spiro atoms. The summed E-state index contributed by atoms with van der Waals surface area (Å²) in [5, 5.41) is 4.50. The second-order valence-corrected chi connectivity index (χ2v) is 6.51. The van der Waals surface area contributed by atoms with E-state index >= 15 is 0 Å². The highest BCUT2D eigenvalue weighted by molar-refractivity contribution is 9.10. The van der Waals surface area contributed by atoms with Crippen LogP contribution >= 0.6 is 27.3 Å². The third-order valence-electron chi connectivity index (χ3n) is 3.21. The summed E-state index contributed by atoms with van der Waals surface area (Å²) in [5.41, 5.74) is 3.82. The first kappa shape index (κ1) is 13.2. The van der Waals surface area contributed by atoms with E-state index in [1.807, 2.05) is 11.3 Å². The number of thiazole rings is 1. The normalized spacial score (nSPS) is 12.5. The van der Waals surface area contributed by atoms with Gasteiger partial charge in [0.15, 0.2) is 0 Å². The maximum absolute atomic E-state index is 5.02. The number of hydrogen-bond acceptors (Lipinski definition) is 4. The average molecular weight is 339 g/mol. The highest BCUT2D eigenvalue weighted by Gasteiger charge is 2.24. The zero-order valence-corrected chi connectivity index (χ0v) is 13.1. The first-order valence-corrected chi connectivity index (χ1v) is 7.86. The summed E-state index contributed by atoms with van der Waals surface area (Å²) in [7, 11) is 1.72. The number of nitrogens with zero attached hydrogens (tertiary/aromatic N) is 1. The highest BCUT2D eigenvalue weighted by atomic mass is 79.9. The van der Waals surface area contributed by atoms with Gasteiger partial charge in [-0.2, -0.15) is 0 Å². The van der Waals surface area contributed by atoms with Gasteiger partial charge in [0.2, 0.25) is 0 Å². The highest BCUT2D eigenvalue weighted by Crippen LogP contribution is 2.42. The smallest absolute Gasteiger partial charge is 0.107 e. The topological polar surface area (TPSA) is 34.1 Å². The molecule has 1 aromatic heterocycles. The SMILES string of the molecule is COCCNCc1nc2c(s1)Cc1c(Br)cccc1-2. The van der Waals surface area contributed by atoms with Crippen LogP contribution in [0, 0.1) is 0 Å². The van der Waals surface area contributed by atoms with Crippen molar-refractivity contribution in [3.05, 3.63) is 38.1 Å². The van der Waals surface area contributed by atoms with Gasteiger partial charge >= 0.3 is 0 Å². The van der Waals surface area contributed by atoms with E-state index in [1.54, 1.807) is 7.11 Å². The molecule has 0 saturated heterocycles. The van der Waals surface area contributed by atoms with Gasteiger partial charge in [0.05, 0.1) is 12.3 Å². The summed E-state index contributed by atoms with van der Waals surface area (Å²) in [6.07, 6.45) is 1.00. The minimum atomic E-state index is 0.737. The van der Waals surface area contributed by atoms with Gasteiger partial charge < -0.3 is 10.1 Å². The molecule has 100 valence electrons. The van der Waals surface area contributed by atoms with Crippen molar-refractivity contribution in [1.29, 1.82) is 0 Å². The Balaban J connectivity index is 1.76. The van der Waals surface area contributed by atoms with Gasteiger partial charge in [0.1, 0.15) is 5.01 Å². The van der Waals surface area contributed by atoms with E-state index in [4.69, 9.17) is 9.72 Å². The van der Waals surface area contributed by atoms with E-state index in [2.05, 4.69) is 39.4 Å². The molecule has 0 radical (unpaired) electrons. The van der Waals surface area contributed by atoms with Crippen molar-refractivity contribution in [2.75, 3.05) is 20.3 Å². The van der Waals surface area contributed by atoms with Gasteiger partial charge in [-0.1, -0.05) is 28.1 Å². The maximum atomic E-state index is 5.02. The van der Waals surface area contributed by atoms with E-state index in [0.29, 0.717) is 0 Å². The lowest BCUT2D eigenvalue weighted by Gasteiger charge is -2.03. The molecule has 0 atom stereocenters. The van der Waals surface area contributed by atoms with Crippen LogP contribution < -0.4 is 5.32 Å². The fourth-order valence-electron chi connectivity index (χ4n) is 2.30. The molecule has 19 heavy (non-hydrogen) atoms. The van der Waals surface area contributed by atoms with Crippen LogP contribution in [-0.2, 0) is 17.7 Å². The number of aromatic nitrogens is 1. The first-order valence-electron chi connectivity index (χ1n) is 6.25. The second-order valence-electron chi connectivity index (χ2n) is 4.49. The third kappa shape index (κ3) is 2.60. The minimum absolute atomic E-state index is 0.737. The zero-order valence-electron chi connectivity index (χ0n) is 10.7. The number of rotatable bonds is 5. The molecule has 5 heteroatoms. The molecular formula is C14H15BrN2OS. The molecule has 0 aliphatic heterocycles. The molecular weight excluding hydrogens is 324 g/mol. The second kappa shape index (κ2) is 5.71. The number of halogens is 1. The van der Waals surface area contributed by atoms with E-state index in [9.17, 15) is 0 Å². The molecule has 3 rings (SSSR count). The van der Waals surface area contributed by atoms with Crippen LogP contribution in [0.15, 0.2) is 22.7 Å². The molecule has 1 aliphatic rings. The summed E-state index contributed by atoms with van der Waals surface area (Å²) in [6, 6.07) is 6.34. The number of hydrogen-bond donors (Lipinski definition) is 1. The number of ether oxygens (including phenoxy) is 1.